The molecule has 0 spiro atoms. The zero-order chi connectivity index (χ0) is 7.28. The summed E-state index contributed by atoms with van der Waals surface area (Å²) in [5, 5.41) is 14.7. The van der Waals surface area contributed by atoms with Crippen LogP contribution in [0.3, 0.4) is 0 Å². The van der Waals surface area contributed by atoms with E-state index >= 15 is 0 Å². The van der Waals surface area contributed by atoms with Crippen molar-refractivity contribution in [1.82, 2.24) is 0 Å². The van der Waals surface area contributed by atoms with E-state index in [4.69, 9.17) is 10.5 Å². The van der Waals surface area contributed by atoms with Gasteiger partial charge in [-0.2, -0.15) is 0 Å². The van der Waals surface area contributed by atoms with Crippen molar-refractivity contribution >= 4 is 27.9 Å². The van der Waals surface area contributed by atoms with Crippen LogP contribution in [0.4, 0.5) is 0 Å². The standard InChI is InChI=1S/C5H5NO2Se/c6-3-4(1-2-9)5(7)8/h1-2,6,9H,(H,7,8)/p-1/b2-1-. The quantitative estimate of drug-likeness (QED) is 0.276. The summed E-state index contributed by atoms with van der Waals surface area (Å²) in [6.45, 7) is 0. The summed E-state index contributed by atoms with van der Waals surface area (Å²) in [6.07, 6.45) is 1.26. The number of carboxylic acid groups (broad SMARTS) is 1. The molecule has 0 heterocycles. The molecule has 0 unspecified atom stereocenters. The summed E-state index contributed by atoms with van der Waals surface area (Å²) in [4.78, 5) is 11.5. The maximum absolute atomic E-state index is 10.0. The molecule has 0 fully saturated rings. The van der Waals surface area contributed by atoms with Gasteiger partial charge in [0.15, 0.2) is 0 Å². The Morgan fingerprint density at radius 1 is 1.78 bits per heavy atom. The molecule has 0 bridgehead atoms. The average molecular weight is 189 g/mol. The van der Waals surface area contributed by atoms with Crippen LogP contribution in [0.5, 0.6) is 0 Å². The van der Waals surface area contributed by atoms with Crippen molar-refractivity contribution < 1.29 is 9.90 Å². The summed E-state index contributed by atoms with van der Waals surface area (Å²) < 4.78 is 0. The van der Waals surface area contributed by atoms with Gasteiger partial charge in [-0.3, -0.25) is 0 Å². The first-order valence-corrected chi connectivity index (χ1v) is 3.02. The third-order valence-corrected chi connectivity index (χ3v) is 0.885. The summed E-state index contributed by atoms with van der Waals surface area (Å²) in [7, 11) is 0. The summed E-state index contributed by atoms with van der Waals surface area (Å²) in [5.41, 5.74) is -0.159. The van der Waals surface area contributed by atoms with E-state index in [2.05, 4.69) is 16.0 Å². The molecule has 0 radical (unpaired) electrons. The minimum atomic E-state index is -1.14. The van der Waals surface area contributed by atoms with E-state index in [0.29, 0.717) is 0 Å². The van der Waals surface area contributed by atoms with E-state index in [1.807, 2.05) is 0 Å². The predicted molar refractivity (Wildman–Crippen MR) is 33.8 cm³/mol. The summed E-state index contributed by atoms with van der Waals surface area (Å²) >= 11 is 2.47. The van der Waals surface area contributed by atoms with Crippen LogP contribution in [-0.2, 0) is 4.79 Å². The molecule has 0 aliphatic rings. The van der Waals surface area contributed by atoms with Gasteiger partial charge in [-0.25, -0.2) is 0 Å². The van der Waals surface area contributed by atoms with E-state index in [0.717, 1.165) is 0 Å². The van der Waals surface area contributed by atoms with E-state index in [1.165, 1.54) is 11.1 Å². The third-order valence-electron chi connectivity index (χ3n) is 0.600. The molecule has 2 N–H and O–H groups in total. The number of rotatable bonds is 2. The molecule has 0 aliphatic carbocycles. The Balaban J connectivity index is 4.38. The number of aliphatic carboxylic acids is 1. The van der Waals surface area contributed by atoms with Crippen LogP contribution < -0.4 is 0 Å². The van der Waals surface area contributed by atoms with Crippen LogP contribution in [-0.4, -0.2) is 33.0 Å². The van der Waals surface area contributed by atoms with Crippen molar-refractivity contribution in [1.29, 1.82) is 5.41 Å². The number of carboxylic acids is 1. The fourth-order valence-corrected chi connectivity index (χ4v) is 0.520. The van der Waals surface area contributed by atoms with Gasteiger partial charge in [0.25, 0.3) is 0 Å². The first-order chi connectivity index (χ1) is 4.22. The Hall–Kier alpha value is -0.821. The zero-order valence-corrected chi connectivity index (χ0v) is 6.13. The van der Waals surface area contributed by atoms with E-state index in [9.17, 15) is 4.79 Å². The van der Waals surface area contributed by atoms with Crippen LogP contribution >= 0.6 is 0 Å². The Bertz CT molecular complexity index is 191. The molecule has 4 heteroatoms. The Labute approximate surface area is 60.4 Å². The van der Waals surface area contributed by atoms with Gasteiger partial charge in [0.2, 0.25) is 0 Å². The molecule has 0 atom stereocenters. The molecule has 0 amide bonds. The van der Waals surface area contributed by atoms with Gasteiger partial charge in [-0.15, -0.1) is 0 Å². The monoisotopic (exact) mass is 190 g/mol. The van der Waals surface area contributed by atoms with E-state index < -0.39 is 5.97 Å². The van der Waals surface area contributed by atoms with E-state index in [-0.39, 0.29) is 5.57 Å². The number of hydrogen-bond donors (Lipinski definition) is 2. The van der Waals surface area contributed by atoms with Crippen LogP contribution in [0.1, 0.15) is 0 Å². The molecule has 0 rings (SSSR count). The molecule has 48 valence electrons. The zero-order valence-electron chi connectivity index (χ0n) is 4.42. The molecule has 0 aromatic carbocycles. The third kappa shape index (κ3) is 2.88. The minimum absolute atomic E-state index is 0.159. The number of carbonyl (C=O) groups is 1. The normalized spacial score (nSPS) is 8.89. The number of nitrogens with one attached hydrogen (secondary N) is 1. The van der Waals surface area contributed by atoms with Crippen molar-refractivity contribution in [2.24, 2.45) is 0 Å². The molecule has 9 heavy (non-hydrogen) atoms. The summed E-state index contributed by atoms with van der Waals surface area (Å²) in [5.74, 6) is 0.621. The van der Waals surface area contributed by atoms with Crippen LogP contribution in [0, 0.1) is 5.41 Å². The van der Waals surface area contributed by atoms with Gasteiger partial charge in [-0.05, 0) is 0 Å². The Morgan fingerprint density at radius 3 is 2.44 bits per heavy atom. The number of hydrogen-bond acceptors (Lipinski definition) is 2. The SMILES string of the molecule is N=C=C(/C=C\[Se-])C(=O)O. The maximum atomic E-state index is 10.0. The molecular weight excluding hydrogens is 185 g/mol. The van der Waals surface area contributed by atoms with Crippen LogP contribution in [0.15, 0.2) is 16.6 Å². The first-order valence-electron chi connectivity index (χ1n) is 2.04. The van der Waals surface area contributed by atoms with Gasteiger partial charge in [0.05, 0.1) is 0 Å². The second kappa shape index (κ2) is 4.10. The Morgan fingerprint density at radius 2 is 2.33 bits per heavy atom. The van der Waals surface area contributed by atoms with E-state index in [1.54, 1.807) is 5.87 Å². The fraction of sp³-hybridized carbons (Fsp3) is 0. The van der Waals surface area contributed by atoms with Crippen LogP contribution in [0.25, 0.3) is 0 Å². The summed E-state index contributed by atoms with van der Waals surface area (Å²) in [6, 6.07) is 0. The molecule has 3 nitrogen and oxygen atoms in total. The topological polar surface area (TPSA) is 61.2 Å². The van der Waals surface area contributed by atoms with Gasteiger partial charge in [0, 0.05) is 0 Å². The fourth-order valence-electron chi connectivity index (χ4n) is 0.234. The van der Waals surface area contributed by atoms with Gasteiger partial charge < -0.3 is 0 Å². The van der Waals surface area contributed by atoms with Crippen molar-refractivity contribution in [2.75, 3.05) is 0 Å². The molecule has 0 aliphatic heterocycles. The Kier molecular flexibility index (Phi) is 3.72. The second-order valence-corrected chi connectivity index (χ2v) is 1.72. The van der Waals surface area contributed by atoms with Crippen molar-refractivity contribution in [3.05, 3.63) is 16.6 Å². The van der Waals surface area contributed by atoms with Crippen molar-refractivity contribution in [2.45, 2.75) is 0 Å². The van der Waals surface area contributed by atoms with Gasteiger partial charge >= 0.3 is 59.8 Å². The molecule has 0 aromatic heterocycles. The molecular formula is C5H4NO2Se-. The average Bonchev–Trinajstić information content (AvgIpc) is 1.82. The van der Waals surface area contributed by atoms with Crippen molar-refractivity contribution in [3.8, 4) is 0 Å². The molecule has 0 saturated heterocycles. The first kappa shape index (κ1) is 8.18. The van der Waals surface area contributed by atoms with Crippen molar-refractivity contribution in [3.63, 3.8) is 0 Å². The van der Waals surface area contributed by atoms with Gasteiger partial charge in [0.1, 0.15) is 0 Å². The molecule has 0 aromatic rings. The van der Waals surface area contributed by atoms with Crippen LogP contribution in [0.2, 0.25) is 0 Å². The van der Waals surface area contributed by atoms with Gasteiger partial charge in [-0.1, -0.05) is 0 Å². The molecule has 0 saturated carbocycles. The second-order valence-electron chi connectivity index (χ2n) is 1.15. The predicted octanol–water partition coefficient (Wildman–Crippen LogP) is -0.0719.